The van der Waals surface area contributed by atoms with Crippen LogP contribution in [0.15, 0.2) is 18.2 Å². The molecular formula is C13H21ClN2. The lowest BCUT2D eigenvalue weighted by atomic mass is 10.1. The maximum atomic E-state index is 5.99. The summed E-state index contributed by atoms with van der Waals surface area (Å²) in [6.45, 7) is 8.63. The molecule has 0 aliphatic heterocycles. The van der Waals surface area contributed by atoms with E-state index >= 15 is 0 Å². The highest BCUT2D eigenvalue weighted by molar-refractivity contribution is 6.31. The second-order valence-electron chi connectivity index (χ2n) is 4.26. The summed E-state index contributed by atoms with van der Waals surface area (Å²) in [7, 11) is 0. The molecule has 1 unspecified atom stereocenters. The van der Waals surface area contributed by atoms with Crippen molar-refractivity contribution < 1.29 is 0 Å². The van der Waals surface area contributed by atoms with Gasteiger partial charge in [0.05, 0.1) is 11.4 Å². The summed E-state index contributed by atoms with van der Waals surface area (Å²) in [6.07, 6.45) is 1.18. The molecule has 0 aliphatic carbocycles. The number of benzene rings is 1. The van der Waals surface area contributed by atoms with Crippen molar-refractivity contribution >= 4 is 23.0 Å². The van der Waals surface area contributed by atoms with Crippen LogP contribution in [0.5, 0.6) is 0 Å². The van der Waals surface area contributed by atoms with Crippen LogP contribution in [-0.2, 0) is 0 Å². The third-order valence-corrected chi connectivity index (χ3v) is 3.18. The van der Waals surface area contributed by atoms with Crippen LogP contribution in [0.4, 0.5) is 11.4 Å². The van der Waals surface area contributed by atoms with Crippen LogP contribution < -0.4 is 10.6 Å². The number of nitrogens with two attached hydrogens (primary N) is 1. The Morgan fingerprint density at radius 2 is 2.06 bits per heavy atom. The van der Waals surface area contributed by atoms with Crippen LogP contribution in [0.1, 0.15) is 27.2 Å². The molecule has 0 aromatic heterocycles. The standard InChI is InChI=1S/C13H21ClN2/c1-4-10(3)9-16(5-2)13-7-6-11(14)8-12(13)15/h6-8,10H,4-5,9,15H2,1-3H3. The molecule has 0 bridgehead atoms. The zero-order valence-electron chi connectivity index (χ0n) is 10.3. The monoisotopic (exact) mass is 240 g/mol. The molecule has 0 radical (unpaired) electrons. The van der Waals surface area contributed by atoms with Gasteiger partial charge in [-0.05, 0) is 31.0 Å². The van der Waals surface area contributed by atoms with Crippen molar-refractivity contribution in [1.29, 1.82) is 0 Å². The van der Waals surface area contributed by atoms with Crippen LogP contribution in [0.2, 0.25) is 5.02 Å². The van der Waals surface area contributed by atoms with Gasteiger partial charge in [0, 0.05) is 18.1 Å². The van der Waals surface area contributed by atoms with Crippen LogP contribution in [-0.4, -0.2) is 13.1 Å². The molecule has 2 nitrogen and oxygen atoms in total. The zero-order valence-corrected chi connectivity index (χ0v) is 11.1. The Hall–Kier alpha value is -0.890. The van der Waals surface area contributed by atoms with Gasteiger partial charge in [0.1, 0.15) is 0 Å². The molecule has 16 heavy (non-hydrogen) atoms. The number of anilines is 2. The highest BCUT2D eigenvalue weighted by Gasteiger charge is 2.11. The van der Waals surface area contributed by atoms with Gasteiger partial charge in [-0.1, -0.05) is 31.9 Å². The number of hydrogen-bond acceptors (Lipinski definition) is 2. The fraction of sp³-hybridized carbons (Fsp3) is 0.538. The van der Waals surface area contributed by atoms with E-state index in [1.165, 1.54) is 6.42 Å². The summed E-state index contributed by atoms with van der Waals surface area (Å²) in [5.74, 6) is 0.676. The quantitative estimate of drug-likeness (QED) is 0.794. The van der Waals surface area contributed by atoms with Gasteiger partial charge in [-0.3, -0.25) is 0 Å². The van der Waals surface area contributed by atoms with E-state index in [1.54, 1.807) is 0 Å². The molecule has 2 N–H and O–H groups in total. The van der Waals surface area contributed by atoms with Crippen molar-refractivity contribution in [3.8, 4) is 0 Å². The van der Waals surface area contributed by atoms with E-state index in [2.05, 4.69) is 25.7 Å². The van der Waals surface area contributed by atoms with Crippen molar-refractivity contribution in [3.63, 3.8) is 0 Å². The first-order valence-corrected chi connectivity index (χ1v) is 6.26. The molecule has 1 aromatic carbocycles. The van der Waals surface area contributed by atoms with Crippen LogP contribution in [0.25, 0.3) is 0 Å². The van der Waals surface area contributed by atoms with Crippen molar-refractivity contribution in [2.24, 2.45) is 5.92 Å². The molecule has 0 fully saturated rings. The first-order valence-electron chi connectivity index (χ1n) is 5.88. The van der Waals surface area contributed by atoms with E-state index in [0.29, 0.717) is 10.9 Å². The van der Waals surface area contributed by atoms with Gasteiger partial charge in [0.2, 0.25) is 0 Å². The number of halogens is 1. The van der Waals surface area contributed by atoms with Crippen molar-refractivity contribution in [2.75, 3.05) is 23.7 Å². The predicted octanol–water partition coefficient (Wildman–Crippen LogP) is 3.79. The molecule has 1 rings (SSSR count). The topological polar surface area (TPSA) is 29.3 Å². The highest BCUT2D eigenvalue weighted by atomic mass is 35.5. The minimum Gasteiger partial charge on any atom is -0.397 e. The molecule has 0 amide bonds. The number of nitrogen functional groups attached to an aromatic ring is 1. The van der Waals surface area contributed by atoms with Gasteiger partial charge < -0.3 is 10.6 Å². The predicted molar refractivity (Wildman–Crippen MR) is 73.2 cm³/mol. The van der Waals surface area contributed by atoms with Gasteiger partial charge >= 0.3 is 0 Å². The molecule has 0 spiro atoms. The molecular weight excluding hydrogens is 220 g/mol. The fourth-order valence-electron chi connectivity index (χ4n) is 1.72. The first kappa shape index (κ1) is 13.2. The summed E-state index contributed by atoms with van der Waals surface area (Å²) in [5, 5.41) is 0.695. The summed E-state index contributed by atoms with van der Waals surface area (Å²) in [5.41, 5.74) is 7.84. The normalized spacial score (nSPS) is 12.5. The van der Waals surface area contributed by atoms with Crippen molar-refractivity contribution in [3.05, 3.63) is 23.2 Å². The Labute approximate surface area is 103 Å². The number of rotatable bonds is 5. The lowest BCUT2D eigenvalue weighted by Crippen LogP contribution is -2.28. The largest absolute Gasteiger partial charge is 0.397 e. The van der Waals surface area contributed by atoms with E-state index in [9.17, 15) is 0 Å². The van der Waals surface area contributed by atoms with E-state index in [4.69, 9.17) is 17.3 Å². The Morgan fingerprint density at radius 1 is 1.38 bits per heavy atom. The van der Waals surface area contributed by atoms with Crippen molar-refractivity contribution in [2.45, 2.75) is 27.2 Å². The summed E-state index contributed by atoms with van der Waals surface area (Å²) in [6, 6.07) is 5.71. The average molecular weight is 241 g/mol. The van der Waals surface area contributed by atoms with Crippen molar-refractivity contribution in [1.82, 2.24) is 0 Å². The second kappa shape index (κ2) is 6.00. The zero-order chi connectivity index (χ0) is 12.1. The number of hydrogen-bond donors (Lipinski definition) is 1. The lowest BCUT2D eigenvalue weighted by molar-refractivity contribution is 0.548. The summed E-state index contributed by atoms with van der Waals surface area (Å²) >= 11 is 5.90. The smallest absolute Gasteiger partial charge is 0.0600 e. The average Bonchev–Trinajstić information content (AvgIpc) is 2.26. The van der Waals surface area contributed by atoms with Crippen LogP contribution in [0, 0.1) is 5.92 Å². The Balaban J connectivity index is 2.86. The Kier molecular flexibility index (Phi) is 4.94. The van der Waals surface area contributed by atoms with Gasteiger partial charge in [-0.15, -0.1) is 0 Å². The van der Waals surface area contributed by atoms with E-state index < -0.39 is 0 Å². The Bertz CT molecular complexity index is 339. The third kappa shape index (κ3) is 3.31. The maximum absolute atomic E-state index is 5.99. The molecule has 0 heterocycles. The lowest BCUT2D eigenvalue weighted by Gasteiger charge is -2.27. The minimum atomic E-state index is 0.676. The SMILES string of the molecule is CCC(C)CN(CC)c1ccc(Cl)cc1N. The van der Waals surface area contributed by atoms with Gasteiger partial charge in [-0.2, -0.15) is 0 Å². The highest BCUT2D eigenvalue weighted by Crippen LogP contribution is 2.27. The first-order chi connectivity index (χ1) is 7.58. The van der Waals surface area contributed by atoms with Gasteiger partial charge in [0.15, 0.2) is 0 Å². The van der Waals surface area contributed by atoms with E-state index in [1.807, 2.05) is 18.2 Å². The fourth-order valence-corrected chi connectivity index (χ4v) is 1.90. The van der Waals surface area contributed by atoms with Crippen LogP contribution >= 0.6 is 11.6 Å². The van der Waals surface area contributed by atoms with E-state index in [0.717, 1.165) is 24.5 Å². The van der Waals surface area contributed by atoms with Gasteiger partial charge in [-0.25, -0.2) is 0 Å². The second-order valence-corrected chi connectivity index (χ2v) is 4.69. The molecule has 0 saturated heterocycles. The molecule has 1 aromatic rings. The summed E-state index contributed by atoms with van der Waals surface area (Å²) < 4.78 is 0. The molecule has 0 saturated carbocycles. The molecule has 3 heteroatoms. The Morgan fingerprint density at radius 3 is 2.56 bits per heavy atom. The van der Waals surface area contributed by atoms with Gasteiger partial charge in [0.25, 0.3) is 0 Å². The number of nitrogens with zero attached hydrogens (tertiary/aromatic N) is 1. The van der Waals surface area contributed by atoms with Crippen LogP contribution in [0.3, 0.4) is 0 Å². The molecule has 1 atom stereocenters. The third-order valence-electron chi connectivity index (χ3n) is 2.94. The molecule has 90 valence electrons. The minimum absolute atomic E-state index is 0.676. The van der Waals surface area contributed by atoms with E-state index in [-0.39, 0.29) is 0 Å². The summed E-state index contributed by atoms with van der Waals surface area (Å²) in [4.78, 5) is 2.31. The molecule has 0 aliphatic rings. The maximum Gasteiger partial charge on any atom is 0.0600 e.